The molecule has 0 aliphatic heterocycles. The van der Waals surface area contributed by atoms with Crippen molar-refractivity contribution in [2.45, 2.75) is 13.8 Å². The molecule has 0 saturated heterocycles. The highest BCUT2D eigenvalue weighted by molar-refractivity contribution is 6.35. The second-order valence-corrected chi connectivity index (χ2v) is 3.68. The number of hydrogen-bond donors (Lipinski definition) is 1. The highest BCUT2D eigenvalue weighted by Crippen LogP contribution is 2.28. The van der Waals surface area contributed by atoms with Gasteiger partial charge in [-0.1, -0.05) is 29.1 Å². The van der Waals surface area contributed by atoms with Crippen molar-refractivity contribution in [3.63, 3.8) is 0 Å². The molecule has 0 aliphatic carbocycles. The maximum Gasteiger partial charge on any atom is 0.0766 e. The molecule has 0 spiro atoms. The van der Waals surface area contributed by atoms with Crippen LogP contribution in [-0.4, -0.2) is 6.54 Å². The van der Waals surface area contributed by atoms with E-state index in [1.54, 1.807) is 6.92 Å². The Morgan fingerprint density at radius 1 is 1.29 bits per heavy atom. The molecule has 0 bridgehead atoms. The van der Waals surface area contributed by atoms with Gasteiger partial charge in [0.25, 0.3) is 0 Å². The van der Waals surface area contributed by atoms with Crippen molar-refractivity contribution in [1.82, 2.24) is 0 Å². The molecule has 1 rings (SSSR count). The summed E-state index contributed by atoms with van der Waals surface area (Å²) >= 11 is 12.0. The topological polar surface area (TPSA) is 12.0 Å². The third-order valence-electron chi connectivity index (χ3n) is 1.79. The number of rotatable bonds is 2. The van der Waals surface area contributed by atoms with Crippen LogP contribution in [0.3, 0.4) is 0 Å². The van der Waals surface area contributed by atoms with Crippen molar-refractivity contribution < 1.29 is 0 Å². The smallest absolute Gasteiger partial charge is 0.0766 e. The predicted molar refractivity (Wildman–Crippen MR) is 63.1 cm³/mol. The van der Waals surface area contributed by atoms with Crippen LogP contribution in [0.15, 0.2) is 12.1 Å². The van der Waals surface area contributed by atoms with E-state index in [1.807, 2.05) is 19.1 Å². The first kappa shape index (κ1) is 11.2. The summed E-state index contributed by atoms with van der Waals surface area (Å²) in [6.45, 7) is 4.30. The monoisotopic (exact) mass is 227 g/mol. The van der Waals surface area contributed by atoms with Gasteiger partial charge in [-0.2, -0.15) is 0 Å². The summed E-state index contributed by atoms with van der Waals surface area (Å²) in [5.41, 5.74) is 1.80. The van der Waals surface area contributed by atoms with E-state index in [4.69, 9.17) is 23.2 Å². The Labute approximate surface area is 94.4 Å². The Bertz CT molecular complexity index is 388. The number of benzene rings is 1. The van der Waals surface area contributed by atoms with Gasteiger partial charge in [-0.25, -0.2) is 0 Å². The fraction of sp³-hybridized carbons (Fsp3) is 0.273. The van der Waals surface area contributed by atoms with Gasteiger partial charge in [0.1, 0.15) is 0 Å². The fourth-order valence-corrected chi connectivity index (χ4v) is 1.46. The molecule has 0 aromatic heterocycles. The minimum absolute atomic E-state index is 0.579. The number of anilines is 1. The molecule has 1 N–H and O–H groups in total. The maximum absolute atomic E-state index is 6.01. The van der Waals surface area contributed by atoms with E-state index in [0.29, 0.717) is 16.6 Å². The molecule has 74 valence electrons. The lowest BCUT2D eigenvalue weighted by molar-refractivity contribution is 1.36. The van der Waals surface area contributed by atoms with Crippen LogP contribution in [0.4, 0.5) is 5.69 Å². The Morgan fingerprint density at radius 3 is 2.64 bits per heavy atom. The van der Waals surface area contributed by atoms with E-state index in [1.165, 1.54) is 0 Å². The van der Waals surface area contributed by atoms with Crippen LogP contribution in [0.5, 0.6) is 0 Å². The largest absolute Gasteiger partial charge is 0.373 e. The summed E-state index contributed by atoms with van der Waals surface area (Å²) in [5.74, 6) is 5.69. The Kier molecular flexibility index (Phi) is 4.13. The summed E-state index contributed by atoms with van der Waals surface area (Å²) in [6.07, 6.45) is 0. The molecule has 0 fully saturated rings. The minimum Gasteiger partial charge on any atom is -0.373 e. The van der Waals surface area contributed by atoms with Crippen LogP contribution < -0.4 is 5.32 Å². The molecular formula is C11H11Cl2N. The van der Waals surface area contributed by atoms with E-state index in [-0.39, 0.29) is 0 Å². The third-order valence-corrected chi connectivity index (χ3v) is 2.51. The molecule has 0 saturated carbocycles. The van der Waals surface area contributed by atoms with Crippen molar-refractivity contribution in [2.75, 3.05) is 11.9 Å². The van der Waals surface area contributed by atoms with Gasteiger partial charge in [0.2, 0.25) is 0 Å². The van der Waals surface area contributed by atoms with Crippen molar-refractivity contribution in [3.05, 3.63) is 27.7 Å². The van der Waals surface area contributed by atoms with Crippen LogP contribution in [0.2, 0.25) is 10.0 Å². The second-order valence-electron chi connectivity index (χ2n) is 2.86. The Hall–Kier alpha value is -0.840. The van der Waals surface area contributed by atoms with Crippen LogP contribution in [0.1, 0.15) is 12.5 Å². The molecule has 14 heavy (non-hydrogen) atoms. The van der Waals surface area contributed by atoms with Gasteiger partial charge in [-0.3, -0.25) is 0 Å². The molecule has 3 heteroatoms. The molecule has 1 nitrogen and oxygen atoms in total. The van der Waals surface area contributed by atoms with Crippen LogP contribution in [0, 0.1) is 18.8 Å². The summed E-state index contributed by atoms with van der Waals surface area (Å²) < 4.78 is 0. The Balaban J connectivity index is 2.85. The molecule has 0 radical (unpaired) electrons. The van der Waals surface area contributed by atoms with Crippen LogP contribution in [0.25, 0.3) is 0 Å². The highest BCUT2D eigenvalue weighted by Gasteiger charge is 2.02. The van der Waals surface area contributed by atoms with Crippen LogP contribution in [-0.2, 0) is 0 Å². The summed E-state index contributed by atoms with van der Waals surface area (Å²) in [7, 11) is 0. The lowest BCUT2D eigenvalue weighted by Crippen LogP contribution is -1.99. The fourth-order valence-electron chi connectivity index (χ4n) is 1.01. The van der Waals surface area contributed by atoms with Gasteiger partial charge >= 0.3 is 0 Å². The van der Waals surface area contributed by atoms with Gasteiger partial charge in [-0.05, 0) is 31.5 Å². The van der Waals surface area contributed by atoms with Crippen molar-refractivity contribution in [1.29, 1.82) is 0 Å². The third kappa shape index (κ3) is 2.83. The number of aryl methyl sites for hydroxylation is 1. The van der Waals surface area contributed by atoms with E-state index in [9.17, 15) is 0 Å². The zero-order valence-corrected chi connectivity index (χ0v) is 9.63. The quantitative estimate of drug-likeness (QED) is 0.760. The number of nitrogens with one attached hydrogen (secondary N) is 1. The van der Waals surface area contributed by atoms with E-state index >= 15 is 0 Å². The van der Waals surface area contributed by atoms with Gasteiger partial charge in [0, 0.05) is 5.02 Å². The maximum atomic E-state index is 6.01. The first-order chi connectivity index (χ1) is 6.65. The molecule has 0 unspecified atom stereocenters. The first-order valence-electron chi connectivity index (χ1n) is 4.24. The molecule has 0 amide bonds. The first-order valence-corrected chi connectivity index (χ1v) is 5.00. The summed E-state index contributed by atoms with van der Waals surface area (Å²) in [5, 5.41) is 4.47. The molecule has 0 heterocycles. The standard InChI is InChI=1S/C11H11Cl2N/c1-3-4-5-14-11-7-9(12)8(2)6-10(11)13/h6-7,14H,5H2,1-2H3. The average molecular weight is 228 g/mol. The number of halogens is 2. The SMILES string of the molecule is CC#CCNc1cc(Cl)c(C)cc1Cl. The summed E-state index contributed by atoms with van der Waals surface area (Å²) in [6, 6.07) is 3.65. The van der Waals surface area contributed by atoms with Crippen molar-refractivity contribution in [2.24, 2.45) is 0 Å². The highest BCUT2D eigenvalue weighted by atomic mass is 35.5. The van der Waals surface area contributed by atoms with E-state index < -0.39 is 0 Å². The van der Waals surface area contributed by atoms with Crippen molar-refractivity contribution >= 4 is 28.9 Å². The van der Waals surface area contributed by atoms with Crippen LogP contribution >= 0.6 is 23.2 Å². The average Bonchev–Trinajstić information content (AvgIpc) is 2.14. The number of hydrogen-bond acceptors (Lipinski definition) is 1. The zero-order chi connectivity index (χ0) is 10.6. The van der Waals surface area contributed by atoms with E-state index in [0.717, 1.165) is 11.3 Å². The molecule has 0 atom stereocenters. The van der Waals surface area contributed by atoms with E-state index in [2.05, 4.69) is 17.2 Å². The zero-order valence-electron chi connectivity index (χ0n) is 8.12. The molecule has 1 aromatic rings. The molecular weight excluding hydrogens is 217 g/mol. The van der Waals surface area contributed by atoms with Crippen molar-refractivity contribution in [3.8, 4) is 11.8 Å². The minimum atomic E-state index is 0.579. The Morgan fingerprint density at radius 2 is 2.00 bits per heavy atom. The van der Waals surface area contributed by atoms with Gasteiger partial charge < -0.3 is 5.32 Å². The van der Waals surface area contributed by atoms with Gasteiger partial charge in [0.05, 0.1) is 17.3 Å². The molecule has 0 aliphatic rings. The molecule has 1 aromatic carbocycles. The lowest BCUT2D eigenvalue weighted by atomic mass is 10.2. The van der Waals surface area contributed by atoms with Gasteiger partial charge in [0.15, 0.2) is 0 Å². The second kappa shape index (κ2) is 5.14. The lowest BCUT2D eigenvalue weighted by Gasteiger charge is -2.07. The predicted octanol–water partition coefficient (Wildman–Crippen LogP) is 3.74. The summed E-state index contributed by atoms with van der Waals surface area (Å²) in [4.78, 5) is 0. The normalized spacial score (nSPS) is 9.14. The van der Waals surface area contributed by atoms with Gasteiger partial charge in [-0.15, -0.1) is 5.92 Å².